The van der Waals surface area contributed by atoms with E-state index in [2.05, 4.69) is 26.8 Å². The van der Waals surface area contributed by atoms with Crippen LogP contribution in [-0.2, 0) is 33.2 Å². The van der Waals surface area contributed by atoms with Crippen LogP contribution in [0.4, 0.5) is 0 Å². The van der Waals surface area contributed by atoms with Gasteiger partial charge >= 0.3 is 5.97 Å². The maximum Gasteiger partial charge on any atom is 0.338 e. The first kappa shape index (κ1) is 59.0. The third kappa shape index (κ3) is 11.3. The first-order chi connectivity index (χ1) is 35.9. The quantitative estimate of drug-likeness (QED) is 0.0734. The molecule has 11 N–H and O–H groups in total. The molecule has 6 fully saturated rings. The molecule has 3 saturated heterocycles. The smallest absolute Gasteiger partial charge is 0.338 e. The van der Waals surface area contributed by atoms with Crippen molar-refractivity contribution >= 4 is 5.97 Å². The lowest BCUT2D eigenvalue weighted by molar-refractivity contribution is -0.342. The largest absolute Gasteiger partial charge is 0.493 e. The normalized spacial score (nSPS) is 44.0. The first-order valence-electron chi connectivity index (χ1n) is 26.6. The summed E-state index contributed by atoms with van der Waals surface area (Å²) < 4.78 is 59.5. The number of esters is 1. The molecule has 3 saturated carbocycles. The van der Waals surface area contributed by atoms with Crippen molar-refractivity contribution < 1.29 is 108 Å². The van der Waals surface area contributed by atoms with Gasteiger partial charge < -0.3 is 104 Å². The number of allylic oxidation sites excluding steroid dienone is 2. The van der Waals surface area contributed by atoms with Gasteiger partial charge in [-0.3, -0.25) is 0 Å². The van der Waals surface area contributed by atoms with Crippen molar-refractivity contribution in [3.8, 4) is 17.2 Å². The molecule has 0 bridgehead atoms. The minimum Gasteiger partial charge on any atom is -0.493 e. The van der Waals surface area contributed by atoms with Crippen molar-refractivity contribution in [2.45, 2.75) is 189 Å². The van der Waals surface area contributed by atoms with Crippen LogP contribution in [0, 0.1) is 40.4 Å². The zero-order chi connectivity index (χ0) is 55.3. The number of hydrogen-bond acceptors (Lipinski definition) is 22. The van der Waals surface area contributed by atoms with Crippen LogP contribution in [-0.4, -0.2) is 213 Å². The summed E-state index contributed by atoms with van der Waals surface area (Å²) in [6.07, 6.45) is -14.2. The highest BCUT2D eigenvalue weighted by Crippen LogP contribution is 2.68. The van der Waals surface area contributed by atoms with Gasteiger partial charge in [-0.1, -0.05) is 44.6 Å². The highest BCUT2D eigenvalue weighted by molar-refractivity contribution is 5.91. The summed E-state index contributed by atoms with van der Waals surface area (Å²) in [4.78, 5) is 14.0. The van der Waals surface area contributed by atoms with Crippen molar-refractivity contribution in [2.24, 2.45) is 40.4 Å². The molecule has 8 rings (SSSR count). The fourth-order valence-corrected chi connectivity index (χ4v) is 14.1. The fraction of sp³-hybridized carbons (Fsp3) is 0.796. The van der Waals surface area contributed by atoms with Gasteiger partial charge in [0, 0.05) is 11.8 Å². The van der Waals surface area contributed by atoms with Crippen LogP contribution < -0.4 is 14.2 Å². The first-order valence-corrected chi connectivity index (χ1v) is 26.6. The topological polar surface area (TPSA) is 332 Å². The van der Waals surface area contributed by atoms with E-state index in [1.54, 1.807) is 19.9 Å². The van der Waals surface area contributed by atoms with Gasteiger partial charge in [0.05, 0.1) is 70.6 Å². The second-order valence-electron chi connectivity index (χ2n) is 23.2. The predicted octanol–water partition coefficient (Wildman–Crippen LogP) is 0.223. The van der Waals surface area contributed by atoms with Gasteiger partial charge in [-0.05, 0) is 99.5 Å². The van der Waals surface area contributed by atoms with E-state index in [4.69, 9.17) is 47.4 Å². The highest BCUT2D eigenvalue weighted by Gasteiger charge is 2.65. The Labute approximate surface area is 443 Å². The number of aliphatic hydroxyl groups excluding tert-OH is 10. The molecular weight excluding hydrogens is 1000 g/mol. The van der Waals surface area contributed by atoms with Gasteiger partial charge in [0.1, 0.15) is 61.0 Å². The lowest BCUT2D eigenvalue weighted by Gasteiger charge is -2.60. The number of aliphatic hydroxyl groups is 11. The fourth-order valence-electron chi connectivity index (χ4n) is 14.1. The average molecular weight is 1080 g/mol. The monoisotopic (exact) mass is 1080 g/mol. The maximum absolute atomic E-state index is 14.0. The van der Waals surface area contributed by atoms with Crippen molar-refractivity contribution in [3.63, 3.8) is 0 Å². The molecule has 0 aromatic heterocycles. The Bertz CT molecular complexity index is 2180. The second-order valence-corrected chi connectivity index (χ2v) is 23.2. The summed E-state index contributed by atoms with van der Waals surface area (Å²) in [6.45, 7) is 8.42. The van der Waals surface area contributed by atoms with Crippen molar-refractivity contribution in [2.75, 3.05) is 41.2 Å². The third-order valence-corrected chi connectivity index (χ3v) is 18.0. The molecule has 3 heterocycles. The Morgan fingerprint density at radius 3 is 2.09 bits per heavy atom. The lowest BCUT2D eigenvalue weighted by atomic mass is 9.46. The van der Waals surface area contributed by atoms with Crippen LogP contribution in [0.3, 0.4) is 0 Å². The predicted molar refractivity (Wildman–Crippen MR) is 264 cm³/mol. The van der Waals surface area contributed by atoms with E-state index in [9.17, 15) is 61.0 Å². The van der Waals surface area contributed by atoms with Gasteiger partial charge in [0.25, 0.3) is 0 Å². The molecule has 1 unspecified atom stereocenters. The van der Waals surface area contributed by atoms with Crippen molar-refractivity contribution in [1.82, 2.24) is 0 Å². The molecule has 24 atom stereocenters. The van der Waals surface area contributed by atoms with Crippen LogP contribution >= 0.6 is 0 Å². The Kier molecular flexibility index (Phi) is 18.3. The maximum atomic E-state index is 14.0. The summed E-state index contributed by atoms with van der Waals surface area (Å²) in [5.41, 5.74) is -1.13. The Hall–Kier alpha value is -3.11. The molecule has 1 aromatic carbocycles. The van der Waals surface area contributed by atoms with E-state index < -0.39 is 135 Å². The molecule has 1 aromatic rings. The molecule has 7 aliphatic rings. The average Bonchev–Trinajstić information content (AvgIpc) is 3.72. The molecule has 4 aliphatic carbocycles. The number of methoxy groups -OCH3 is 3. The number of fused-ring (bicyclic) bond motifs is 5. The molecule has 0 radical (unpaired) electrons. The number of hydrogen-bond donors (Lipinski definition) is 11. The molecule has 22 nitrogen and oxygen atoms in total. The molecule has 22 heteroatoms. The molecule has 430 valence electrons. The van der Waals surface area contributed by atoms with Crippen LogP contribution in [0.25, 0.3) is 0 Å². The zero-order valence-electron chi connectivity index (χ0n) is 44.6. The summed E-state index contributed by atoms with van der Waals surface area (Å²) in [5.74, 6) is -0.370. The van der Waals surface area contributed by atoms with Gasteiger partial charge in [-0.25, -0.2) is 4.79 Å². The Morgan fingerprint density at radius 2 is 1.46 bits per heavy atom. The SMILES string of the molecule is COc1cc(C(=O)O[C@H]2[C@@H](O[C@H]3C[C@H]4[C@@H]5CC=C6C[C@@H](O)CC(O[C@H]7O[C@@H](CO[C@H]8O[C@@H](CO)[C@H](O)[C@@H](O)[C@@H]8O)[C@H](O)[C@@H](O)[C@@H]7O)[C@]6(C)[C@H]5CC[C@]4(C)[C@H]3[C@H](C)C/C=C\C(C)(C)O)OC[C@H](O)[C@@H]2O)cc(OC)c1OC. The number of ether oxygens (including phenoxy) is 10. The number of benzene rings is 1. The van der Waals surface area contributed by atoms with Crippen LogP contribution in [0.1, 0.15) is 89.9 Å². The van der Waals surface area contributed by atoms with Gasteiger partial charge in [-0.15, -0.1) is 0 Å². The van der Waals surface area contributed by atoms with Gasteiger partial charge in [0.15, 0.2) is 36.5 Å². The Morgan fingerprint density at radius 1 is 0.816 bits per heavy atom. The standard InChI is InChI=1S/C54H82O22/c1-24(10-9-14-52(2,3)66)38-32(72-51-47(39(58)31(57)22-70-51)76-48(65)25-16-33(67-6)46(69-8)34(17-25)68-7)20-30-28-12-11-26-18-27(56)19-37(54(26,5)29(28)13-15-53(30,38)4)75-50-45(64)43(62)41(60)36(74-50)23-71-49-44(63)42(61)40(59)35(21-55)73-49/h9,11,14,16-17,24,27-32,35-45,47,49-51,55-64,66H,10,12-13,15,18-23H2,1-8H3/b14-9-/t24-,27-,28-,29+,30+,31+,32+,35+,36+,37?,38+,39+,40+,41+,42-,43-,44+,45+,47-,49+,50-,51-,53+,54+/m1/s1. The minimum atomic E-state index is -1.78. The van der Waals surface area contributed by atoms with Crippen LogP contribution in [0.15, 0.2) is 35.9 Å². The number of carbonyl (C=O) groups excluding carboxylic acids is 1. The van der Waals surface area contributed by atoms with E-state index in [0.717, 1.165) is 18.4 Å². The summed E-state index contributed by atoms with van der Waals surface area (Å²) in [6, 6.07) is 2.83. The third-order valence-electron chi connectivity index (χ3n) is 18.0. The molecule has 76 heavy (non-hydrogen) atoms. The zero-order valence-corrected chi connectivity index (χ0v) is 44.6. The molecular formula is C54H82O22. The van der Waals surface area contributed by atoms with E-state index in [-0.39, 0.29) is 70.8 Å². The summed E-state index contributed by atoms with van der Waals surface area (Å²) in [5, 5.41) is 119. The number of carbonyl (C=O) groups is 1. The van der Waals surface area contributed by atoms with Gasteiger partial charge in [0.2, 0.25) is 5.75 Å². The lowest BCUT2D eigenvalue weighted by Crippen LogP contribution is -2.63. The van der Waals surface area contributed by atoms with E-state index >= 15 is 0 Å². The van der Waals surface area contributed by atoms with Crippen molar-refractivity contribution in [3.05, 3.63) is 41.5 Å². The second kappa shape index (κ2) is 23.5. The van der Waals surface area contributed by atoms with E-state index in [1.165, 1.54) is 33.5 Å². The number of rotatable bonds is 17. The van der Waals surface area contributed by atoms with E-state index in [0.29, 0.717) is 25.7 Å². The minimum absolute atomic E-state index is 0.0147. The summed E-state index contributed by atoms with van der Waals surface area (Å²) >= 11 is 0. The van der Waals surface area contributed by atoms with Gasteiger partial charge in [-0.2, -0.15) is 0 Å². The van der Waals surface area contributed by atoms with Crippen molar-refractivity contribution in [1.29, 1.82) is 0 Å². The van der Waals surface area contributed by atoms with Crippen LogP contribution in [0.5, 0.6) is 17.2 Å². The Balaban J connectivity index is 1.05. The summed E-state index contributed by atoms with van der Waals surface area (Å²) in [7, 11) is 4.24. The van der Waals surface area contributed by atoms with Crippen LogP contribution in [0.2, 0.25) is 0 Å². The molecule has 3 aliphatic heterocycles. The molecule has 0 spiro atoms. The highest BCUT2D eigenvalue weighted by atomic mass is 16.7. The van der Waals surface area contributed by atoms with E-state index in [1.807, 2.05) is 6.08 Å². The molecule has 0 amide bonds.